The molecular formula is C31H35F4IN4O7. The Bertz CT molecular complexity index is 1620. The third-order valence-electron chi connectivity index (χ3n) is 6.02. The van der Waals surface area contributed by atoms with E-state index in [1.807, 2.05) is 0 Å². The van der Waals surface area contributed by atoms with Gasteiger partial charge in [0.05, 0.1) is 5.69 Å². The minimum absolute atomic E-state index is 0.0686. The highest BCUT2D eigenvalue weighted by molar-refractivity contribution is 14.1. The number of amides is 2. The van der Waals surface area contributed by atoms with Crippen LogP contribution < -0.4 is 9.64 Å². The third kappa shape index (κ3) is 8.77. The molecule has 47 heavy (non-hydrogen) atoms. The van der Waals surface area contributed by atoms with Crippen molar-refractivity contribution in [3.05, 3.63) is 63.3 Å². The largest absolute Gasteiger partial charge is 0.474 e. The summed E-state index contributed by atoms with van der Waals surface area (Å²) in [7, 11) is 0. The van der Waals surface area contributed by atoms with E-state index in [1.165, 1.54) is 12.1 Å². The van der Waals surface area contributed by atoms with Crippen LogP contribution in [-0.2, 0) is 15.1 Å². The van der Waals surface area contributed by atoms with E-state index in [9.17, 15) is 32.3 Å². The van der Waals surface area contributed by atoms with Crippen LogP contribution in [0.5, 0.6) is 5.88 Å². The van der Waals surface area contributed by atoms with Crippen LogP contribution in [0.4, 0.5) is 32.8 Å². The van der Waals surface area contributed by atoms with E-state index in [4.69, 9.17) is 18.6 Å². The van der Waals surface area contributed by atoms with Crippen molar-refractivity contribution in [1.82, 2.24) is 15.2 Å². The second-order valence-corrected chi connectivity index (χ2v) is 13.7. The van der Waals surface area contributed by atoms with E-state index in [2.05, 4.69) is 21.8 Å². The molecule has 2 aromatic heterocycles. The summed E-state index contributed by atoms with van der Waals surface area (Å²) in [5.41, 5.74) is -8.15. The molecule has 11 nitrogen and oxygen atoms in total. The van der Waals surface area contributed by atoms with Crippen molar-refractivity contribution >= 4 is 40.5 Å². The van der Waals surface area contributed by atoms with E-state index in [-0.39, 0.29) is 20.7 Å². The number of benzene rings is 1. The van der Waals surface area contributed by atoms with Crippen LogP contribution in [0.15, 0.2) is 41.3 Å². The Morgan fingerprint density at radius 2 is 1.64 bits per heavy atom. The number of aliphatic hydroxyl groups is 1. The minimum atomic E-state index is -5.56. The fourth-order valence-corrected chi connectivity index (χ4v) is 4.51. The van der Waals surface area contributed by atoms with Crippen molar-refractivity contribution in [2.45, 2.75) is 90.9 Å². The monoisotopic (exact) mass is 778 g/mol. The summed E-state index contributed by atoms with van der Waals surface area (Å²) in [6.07, 6.45) is -6.52. The van der Waals surface area contributed by atoms with Gasteiger partial charge >= 0.3 is 18.4 Å². The van der Waals surface area contributed by atoms with E-state index >= 15 is 0 Å². The molecule has 0 aliphatic rings. The smallest absolute Gasteiger partial charge is 0.430 e. The number of hydrogen-bond acceptors (Lipinski definition) is 10. The molecule has 256 valence electrons. The van der Waals surface area contributed by atoms with Crippen molar-refractivity contribution < 1.29 is 50.9 Å². The lowest BCUT2D eigenvalue weighted by Gasteiger charge is -2.29. The molecule has 0 bridgehead atoms. The summed E-state index contributed by atoms with van der Waals surface area (Å²) in [4.78, 5) is 31.9. The fourth-order valence-electron chi connectivity index (χ4n) is 4.02. The molecule has 0 saturated carbocycles. The van der Waals surface area contributed by atoms with E-state index in [0.717, 1.165) is 12.1 Å². The van der Waals surface area contributed by atoms with Crippen LogP contribution in [0.1, 0.15) is 71.9 Å². The number of nitrogens with zero attached hydrogens (tertiary/aromatic N) is 4. The molecule has 0 spiro atoms. The van der Waals surface area contributed by atoms with E-state index in [1.54, 1.807) is 84.1 Å². The van der Waals surface area contributed by atoms with Gasteiger partial charge < -0.3 is 23.7 Å². The maximum absolute atomic E-state index is 14.8. The van der Waals surface area contributed by atoms with Gasteiger partial charge in [-0.25, -0.2) is 19.0 Å². The zero-order valence-corrected chi connectivity index (χ0v) is 29.1. The number of halogens is 5. The van der Waals surface area contributed by atoms with Gasteiger partial charge in [0, 0.05) is 21.1 Å². The molecule has 1 aromatic carbocycles. The van der Waals surface area contributed by atoms with Crippen LogP contribution in [0, 0.1) is 16.3 Å². The summed E-state index contributed by atoms with van der Waals surface area (Å²) in [6.45, 7) is 16.2. The number of alkyl halides is 3. The molecule has 3 rings (SSSR count). The van der Waals surface area contributed by atoms with Gasteiger partial charge in [-0.05, 0) is 102 Å². The van der Waals surface area contributed by atoms with Gasteiger partial charge in [0.1, 0.15) is 23.1 Å². The Hall–Kier alpha value is -3.80. The number of hydrogen-bond donors (Lipinski definition) is 1. The number of carbonyl (C=O) groups is 2. The third-order valence-corrected chi connectivity index (χ3v) is 6.69. The molecule has 2 atom stereocenters. The first kappa shape index (κ1) is 37.7. The van der Waals surface area contributed by atoms with E-state index in [0.29, 0.717) is 11.3 Å². The van der Waals surface area contributed by atoms with Crippen molar-refractivity contribution in [1.29, 1.82) is 0 Å². The summed E-state index contributed by atoms with van der Waals surface area (Å²) >= 11 is 1.65. The number of ether oxygens (including phenoxy) is 3. The second-order valence-electron chi connectivity index (χ2n) is 12.5. The predicted molar refractivity (Wildman–Crippen MR) is 170 cm³/mol. The molecule has 0 aliphatic heterocycles. The number of carbonyl (C=O) groups excluding carboxylic acids is 2. The first-order valence-corrected chi connectivity index (χ1v) is 15.2. The van der Waals surface area contributed by atoms with Crippen LogP contribution in [-0.4, -0.2) is 56.0 Å². The van der Waals surface area contributed by atoms with Gasteiger partial charge in [0.2, 0.25) is 5.88 Å². The SMILES string of the molecule is C=CC[C@@H](C)Oc1nc(-c2nnc(C(O)(c3cc(I)ccc3F)C(F)(F)F)o2)c(N(C(=O)OC(C)(C)C)C(=O)OC(C)(C)C)cc1C. The number of rotatable bonds is 8. The van der Waals surface area contributed by atoms with Crippen molar-refractivity contribution in [2.24, 2.45) is 0 Å². The summed E-state index contributed by atoms with van der Waals surface area (Å²) in [5, 5.41) is 18.2. The standard InChI is InChI=1S/C31H35F4IN4O7/c1-10-11-17(3)44-23-16(2)14-21(40(26(41)46-28(4,5)6)27(42)47-29(7,8)9)22(37-23)24-38-39-25(45-24)30(43,31(33,34)35)19-15-18(36)12-13-20(19)32/h10,12-15,17,43H,1,11H2,2-9H3/t17-,30?/m1/s1. The highest BCUT2D eigenvalue weighted by Gasteiger charge is 2.61. The fraction of sp³-hybridized carbons (Fsp3) is 0.452. The quantitative estimate of drug-likeness (QED) is 0.136. The number of aryl methyl sites for hydroxylation is 1. The predicted octanol–water partition coefficient (Wildman–Crippen LogP) is 8.00. The molecule has 0 saturated heterocycles. The van der Waals surface area contributed by atoms with E-state index < -0.39 is 70.1 Å². The van der Waals surface area contributed by atoms with Gasteiger partial charge in [0.15, 0.2) is 5.69 Å². The highest BCUT2D eigenvalue weighted by Crippen LogP contribution is 2.46. The Morgan fingerprint density at radius 3 is 2.15 bits per heavy atom. The molecule has 0 radical (unpaired) electrons. The first-order valence-electron chi connectivity index (χ1n) is 14.1. The Labute approximate surface area is 282 Å². The molecule has 2 heterocycles. The molecule has 0 fully saturated rings. The van der Waals surface area contributed by atoms with Gasteiger partial charge in [0.25, 0.3) is 17.4 Å². The average molecular weight is 779 g/mol. The lowest BCUT2D eigenvalue weighted by molar-refractivity contribution is -0.256. The van der Waals surface area contributed by atoms with Gasteiger partial charge in [-0.2, -0.15) is 18.1 Å². The zero-order chi connectivity index (χ0) is 35.7. The zero-order valence-electron chi connectivity index (χ0n) is 27.0. The molecule has 3 aromatic rings. The molecule has 0 aliphatic carbocycles. The molecule has 1 N–H and O–H groups in total. The summed E-state index contributed by atoms with van der Waals surface area (Å²) in [6, 6.07) is 4.00. The van der Waals surface area contributed by atoms with Crippen molar-refractivity contribution in [3.8, 4) is 17.5 Å². The number of imide groups is 1. The van der Waals surface area contributed by atoms with Crippen LogP contribution in [0.25, 0.3) is 11.6 Å². The average Bonchev–Trinajstić information content (AvgIpc) is 3.39. The number of anilines is 1. The van der Waals surface area contributed by atoms with Gasteiger partial charge in [-0.15, -0.1) is 16.8 Å². The van der Waals surface area contributed by atoms with Crippen LogP contribution in [0.3, 0.4) is 0 Å². The second kappa shape index (κ2) is 13.7. The van der Waals surface area contributed by atoms with Gasteiger partial charge in [-0.1, -0.05) is 6.08 Å². The molecule has 2 amide bonds. The lowest BCUT2D eigenvalue weighted by Crippen LogP contribution is -2.44. The summed E-state index contributed by atoms with van der Waals surface area (Å²) in [5.74, 6) is -3.71. The number of aromatic nitrogens is 3. The highest BCUT2D eigenvalue weighted by atomic mass is 127. The minimum Gasteiger partial charge on any atom is -0.474 e. The first-order chi connectivity index (χ1) is 21.5. The topological polar surface area (TPSA) is 137 Å². The lowest BCUT2D eigenvalue weighted by atomic mass is 9.92. The molecule has 16 heteroatoms. The maximum Gasteiger partial charge on any atom is 0.430 e. The Morgan fingerprint density at radius 1 is 1.06 bits per heavy atom. The van der Waals surface area contributed by atoms with Crippen molar-refractivity contribution in [3.63, 3.8) is 0 Å². The Balaban J connectivity index is 2.36. The van der Waals surface area contributed by atoms with Crippen LogP contribution in [0.2, 0.25) is 0 Å². The summed E-state index contributed by atoms with van der Waals surface area (Å²) < 4.78 is 80.8. The van der Waals surface area contributed by atoms with Gasteiger partial charge in [-0.3, -0.25) is 0 Å². The van der Waals surface area contributed by atoms with Crippen LogP contribution >= 0.6 is 22.6 Å². The number of pyridine rings is 1. The Kier molecular flexibility index (Phi) is 11.0. The van der Waals surface area contributed by atoms with Crippen molar-refractivity contribution in [2.75, 3.05) is 4.90 Å². The molecule has 1 unspecified atom stereocenters. The molecular weight excluding hydrogens is 743 g/mol. The maximum atomic E-state index is 14.8. The normalized spacial score (nSPS) is 14.2.